The molecule has 0 aromatic heterocycles. The molecule has 0 saturated heterocycles. The summed E-state index contributed by atoms with van der Waals surface area (Å²) in [7, 11) is -4.57. The minimum absolute atomic E-state index is 0.0418. The van der Waals surface area contributed by atoms with Crippen molar-refractivity contribution < 1.29 is 76.2 Å². The maximum Gasteiger partial charge on any atom is 0.356 e. The van der Waals surface area contributed by atoms with Crippen molar-refractivity contribution in [3.8, 4) is 29.1 Å². The lowest BCUT2D eigenvalue weighted by molar-refractivity contribution is 0.0523. The number of hydrogen-bond acceptors (Lipinski definition) is 15. The SMILES string of the molecule is CC#N.COc1c(C)c2c(c(O)c1C/C=C(\C)COCP(=O)(O)O)C(=O)OC2.COc1c(C)c2c(c(O)c1C/C=C(\C)COCP(=O)(OC(C)C)OC(C)C)C(=O)OC2. The van der Waals surface area contributed by atoms with Crippen LogP contribution in [0.25, 0.3) is 0 Å². The van der Waals surface area contributed by atoms with Gasteiger partial charge in [0.15, 0.2) is 0 Å². The molecule has 17 nitrogen and oxygen atoms in total. The summed E-state index contributed by atoms with van der Waals surface area (Å²) in [6, 6.07) is 1.75. The number of nitrogens with zero attached hydrogens (tertiary/aromatic N) is 1. The van der Waals surface area contributed by atoms with Gasteiger partial charge in [-0.3, -0.25) is 9.13 Å². The Balaban J connectivity index is 0.000000389. The second kappa shape index (κ2) is 23.0. The van der Waals surface area contributed by atoms with Gasteiger partial charge in [-0.25, -0.2) is 9.59 Å². The highest BCUT2D eigenvalue weighted by molar-refractivity contribution is 7.53. The zero-order valence-corrected chi connectivity index (χ0v) is 37.3. The third kappa shape index (κ3) is 14.5. The maximum absolute atomic E-state index is 12.8. The fraction of sp³-hybridized carbons (Fsp3) is 0.525. The van der Waals surface area contributed by atoms with Gasteiger partial charge in [0.2, 0.25) is 0 Å². The Morgan fingerprint density at radius 1 is 0.763 bits per heavy atom. The summed E-state index contributed by atoms with van der Waals surface area (Å²) in [4.78, 5) is 41.4. The van der Waals surface area contributed by atoms with Gasteiger partial charge in [0.25, 0.3) is 0 Å². The van der Waals surface area contributed by atoms with Crippen LogP contribution in [0.5, 0.6) is 23.0 Å². The maximum atomic E-state index is 12.8. The van der Waals surface area contributed by atoms with Crippen molar-refractivity contribution in [2.45, 2.75) is 101 Å². The van der Waals surface area contributed by atoms with Crippen LogP contribution in [-0.4, -0.2) is 84.3 Å². The van der Waals surface area contributed by atoms with E-state index in [1.807, 2.05) is 19.9 Å². The monoisotopic (exact) mass is 869 g/mol. The number of ether oxygens (including phenoxy) is 6. The molecule has 4 rings (SSSR count). The topological polar surface area (TPSA) is 247 Å². The predicted molar refractivity (Wildman–Crippen MR) is 217 cm³/mol. The van der Waals surface area contributed by atoms with Crippen molar-refractivity contribution in [2.24, 2.45) is 0 Å². The van der Waals surface area contributed by atoms with Gasteiger partial charge >= 0.3 is 27.1 Å². The van der Waals surface area contributed by atoms with Gasteiger partial charge in [0, 0.05) is 29.2 Å². The van der Waals surface area contributed by atoms with E-state index in [-0.39, 0.29) is 74.0 Å². The lowest BCUT2D eigenvalue weighted by atomic mass is 9.95. The van der Waals surface area contributed by atoms with E-state index < -0.39 is 33.5 Å². The molecule has 0 unspecified atom stereocenters. The fourth-order valence-electron chi connectivity index (χ4n) is 6.10. The normalized spacial score (nSPS) is 13.8. The van der Waals surface area contributed by atoms with E-state index in [9.17, 15) is 28.9 Å². The molecule has 328 valence electrons. The van der Waals surface area contributed by atoms with Crippen molar-refractivity contribution in [3.63, 3.8) is 0 Å². The van der Waals surface area contributed by atoms with Gasteiger partial charge in [-0.05, 0) is 79.4 Å². The molecule has 59 heavy (non-hydrogen) atoms. The van der Waals surface area contributed by atoms with Crippen molar-refractivity contribution in [1.82, 2.24) is 0 Å². The number of phenols is 2. The molecule has 0 spiro atoms. The summed E-state index contributed by atoms with van der Waals surface area (Å²) in [6.45, 7) is 16.3. The zero-order chi connectivity index (χ0) is 44.8. The molecular formula is C40H57NO16P2. The van der Waals surface area contributed by atoms with E-state index in [0.717, 1.165) is 22.3 Å². The van der Waals surface area contributed by atoms with Crippen molar-refractivity contribution >= 4 is 27.1 Å². The first kappa shape index (κ1) is 50.9. The summed E-state index contributed by atoms with van der Waals surface area (Å²) in [6.07, 6.45) is 2.87. The van der Waals surface area contributed by atoms with E-state index >= 15 is 0 Å². The van der Waals surface area contributed by atoms with Gasteiger partial charge in [0.1, 0.15) is 60.0 Å². The van der Waals surface area contributed by atoms with Crippen LogP contribution >= 0.6 is 15.2 Å². The van der Waals surface area contributed by atoms with E-state index in [2.05, 4.69) is 0 Å². The quantitative estimate of drug-likeness (QED) is 0.0646. The number of rotatable bonds is 18. The van der Waals surface area contributed by atoms with Gasteiger partial charge in [-0.15, -0.1) is 0 Å². The molecule has 19 heteroatoms. The standard InChI is InChI=1S/C22H33O8P.C16H21O8P.C2H3N/c1-13(2)29-31(25,30-14(3)4)12-27-10-15(5)8-9-17-20(23)19-18(11-28-22(19)24)16(6)21(17)26-7;1-9(6-23-8-25(19,20)21)4-5-11-14(17)13-12(7-24-16(13)18)10(2)15(11)22-3;1-2-3/h8,13-14,23H,9-12H2,1-7H3;4,17H,5-8H2,1-3H3,(H2,19,20,21);1H3/b15-8+;9-4+;. The van der Waals surface area contributed by atoms with E-state index in [1.54, 1.807) is 53.7 Å². The minimum atomic E-state index is -4.20. The highest BCUT2D eigenvalue weighted by atomic mass is 31.2. The van der Waals surface area contributed by atoms with Crippen LogP contribution in [0.4, 0.5) is 0 Å². The first-order chi connectivity index (χ1) is 27.6. The Morgan fingerprint density at radius 3 is 1.44 bits per heavy atom. The summed E-state index contributed by atoms with van der Waals surface area (Å²) in [5.41, 5.74) is 5.67. The predicted octanol–water partition coefficient (Wildman–Crippen LogP) is 7.44. The molecule has 0 amide bonds. The van der Waals surface area contributed by atoms with Crippen LogP contribution in [0, 0.1) is 25.2 Å². The van der Waals surface area contributed by atoms with Crippen molar-refractivity contribution in [3.05, 3.63) is 67.8 Å². The number of esters is 2. The summed E-state index contributed by atoms with van der Waals surface area (Å²) in [5.74, 6) is -0.376. The van der Waals surface area contributed by atoms with Crippen LogP contribution in [-0.2, 0) is 63.2 Å². The number of cyclic esters (lactones) is 2. The average Bonchev–Trinajstić information content (AvgIpc) is 3.72. The molecule has 0 aliphatic carbocycles. The number of hydrogen-bond donors (Lipinski definition) is 4. The number of methoxy groups -OCH3 is 2. The molecule has 0 radical (unpaired) electrons. The number of carbonyl (C=O) groups is 2. The van der Waals surface area contributed by atoms with Gasteiger partial charge in [0.05, 0.1) is 45.7 Å². The van der Waals surface area contributed by atoms with Crippen molar-refractivity contribution in [1.29, 1.82) is 5.26 Å². The van der Waals surface area contributed by atoms with E-state index in [0.29, 0.717) is 40.2 Å². The first-order valence-electron chi connectivity index (χ1n) is 18.5. The van der Waals surface area contributed by atoms with Crippen LogP contribution in [0.2, 0.25) is 0 Å². The van der Waals surface area contributed by atoms with Crippen LogP contribution in [0.15, 0.2) is 23.3 Å². The second-order valence-electron chi connectivity index (χ2n) is 14.1. The van der Waals surface area contributed by atoms with Gasteiger partial charge in [-0.2, -0.15) is 5.26 Å². The van der Waals surface area contributed by atoms with Crippen LogP contribution < -0.4 is 9.47 Å². The number of nitriles is 1. The molecule has 2 aromatic rings. The Kier molecular flexibility index (Phi) is 19.8. The molecule has 0 atom stereocenters. The van der Waals surface area contributed by atoms with Crippen LogP contribution in [0.3, 0.4) is 0 Å². The number of carbonyl (C=O) groups excluding carboxylic acids is 2. The molecule has 2 heterocycles. The number of fused-ring (bicyclic) bond motifs is 2. The minimum Gasteiger partial charge on any atom is -0.507 e. The highest BCUT2D eigenvalue weighted by Crippen LogP contribution is 2.50. The fourth-order valence-corrected chi connectivity index (χ4v) is 8.20. The lowest BCUT2D eigenvalue weighted by Gasteiger charge is -2.22. The Morgan fingerprint density at radius 2 is 1.12 bits per heavy atom. The average molecular weight is 870 g/mol. The lowest BCUT2D eigenvalue weighted by Crippen LogP contribution is -2.12. The van der Waals surface area contributed by atoms with E-state index in [4.69, 9.17) is 52.5 Å². The highest BCUT2D eigenvalue weighted by Gasteiger charge is 2.33. The molecule has 2 aliphatic heterocycles. The molecular weight excluding hydrogens is 812 g/mol. The Labute approximate surface area is 345 Å². The molecule has 0 fully saturated rings. The molecule has 2 aliphatic rings. The molecule has 4 N–H and O–H groups in total. The van der Waals surface area contributed by atoms with E-state index in [1.165, 1.54) is 21.1 Å². The molecule has 0 saturated carbocycles. The Bertz CT molecular complexity index is 2010. The number of aromatic hydroxyl groups is 2. The largest absolute Gasteiger partial charge is 0.507 e. The van der Waals surface area contributed by atoms with Crippen LogP contribution in [0.1, 0.15) is 103 Å². The number of phenolic OH excluding ortho intramolecular Hbond substituents is 2. The summed E-state index contributed by atoms with van der Waals surface area (Å²) >= 11 is 0. The molecule has 2 aromatic carbocycles. The smallest absolute Gasteiger partial charge is 0.356 e. The third-order valence-electron chi connectivity index (χ3n) is 8.52. The summed E-state index contributed by atoms with van der Waals surface area (Å²) in [5, 5.41) is 28.5. The molecule has 0 bridgehead atoms. The number of benzene rings is 2. The van der Waals surface area contributed by atoms with Gasteiger partial charge in [-0.1, -0.05) is 23.3 Å². The second-order valence-corrected chi connectivity index (χ2v) is 17.6. The Hall–Kier alpha value is -4.23. The van der Waals surface area contributed by atoms with Crippen molar-refractivity contribution in [2.75, 3.05) is 40.1 Å². The number of allylic oxidation sites excluding steroid dienone is 2. The summed E-state index contributed by atoms with van der Waals surface area (Å²) < 4.78 is 66.0. The third-order valence-corrected chi connectivity index (χ3v) is 11.0. The zero-order valence-electron chi connectivity index (χ0n) is 35.5. The first-order valence-corrected chi connectivity index (χ1v) is 22.0. The van der Waals surface area contributed by atoms with Gasteiger partial charge < -0.3 is 57.5 Å².